The molecular formula is C23H30N2O5. The zero-order chi connectivity index (χ0) is 21.9. The summed E-state index contributed by atoms with van der Waals surface area (Å²) >= 11 is 0. The van der Waals surface area contributed by atoms with Crippen molar-refractivity contribution in [3.05, 3.63) is 47.7 Å². The van der Waals surface area contributed by atoms with Gasteiger partial charge in [-0.25, -0.2) is 9.78 Å². The van der Waals surface area contributed by atoms with Crippen molar-refractivity contribution in [2.75, 3.05) is 26.6 Å². The van der Waals surface area contributed by atoms with Crippen molar-refractivity contribution < 1.29 is 23.8 Å². The average Bonchev–Trinajstić information content (AvgIpc) is 2.78. The van der Waals surface area contributed by atoms with Crippen molar-refractivity contribution in [2.24, 2.45) is 0 Å². The van der Waals surface area contributed by atoms with Gasteiger partial charge in [0.05, 0.1) is 32.6 Å². The Bertz CT molecular complexity index is 836. The molecule has 1 atom stereocenters. The van der Waals surface area contributed by atoms with E-state index in [-0.39, 0.29) is 11.8 Å². The van der Waals surface area contributed by atoms with Crippen LogP contribution in [-0.4, -0.2) is 38.2 Å². The lowest BCUT2D eigenvalue weighted by atomic mass is 9.91. The molecule has 2 rings (SSSR count). The molecule has 1 heterocycles. The lowest BCUT2D eigenvalue weighted by Gasteiger charge is -2.18. The highest BCUT2D eigenvalue weighted by Crippen LogP contribution is 2.30. The SMILES string of the molecule is CCCCCC(CC(=O)Nc1cc(C(=O)OC)ccc1OC)c1ccc(OC)nc1. The molecule has 1 amide bonds. The Hall–Kier alpha value is -3.09. The highest BCUT2D eigenvalue weighted by atomic mass is 16.5. The van der Waals surface area contributed by atoms with Crippen LogP contribution in [0.3, 0.4) is 0 Å². The summed E-state index contributed by atoms with van der Waals surface area (Å²) in [5, 5.41) is 2.88. The molecule has 2 aromatic rings. The number of benzene rings is 1. The minimum Gasteiger partial charge on any atom is -0.495 e. The van der Waals surface area contributed by atoms with Gasteiger partial charge in [0.2, 0.25) is 11.8 Å². The number of hydrogen-bond donors (Lipinski definition) is 1. The van der Waals surface area contributed by atoms with Crippen LogP contribution in [0.15, 0.2) is 36.5 Å². The van der Waals surface area contributed by atoms with Crippen molar-refractivity contribution in [3.8, 4) is 11.6 Å². The highest BCUT2D eigenvalue weighted by molar-refractivity contribution is 5.96. The smallest absolute Gasteiger partial charge is 0.337 e. The van der Waals surface area contributed by atoms with Gasteiger partial charge in [-0.3, -0.25) is 4.79 Å². The van der Waals surface area contributed by atoms with Crippen LogP contribution in [0.4, 0.5) is 5.69 Å². The first-order valence-corrected chi connectivity index (χ1v) is 10.1. The van der Waals surface area contributed by atoms with E-state index in [0.717, 1.165) is 31.2 Å². The fourth-order valence-corrected chi connectivity index (χ4v) is 3.26. The summed E-state index contributed by atoms with van der Waals surface area (Å²) in [5.41, 5.74) is 1.77. The number of carbonyl (C=O) groups is 2. The predicted octanol–water partition coefficient (Wildman–Crippen LogP) is 4.58. The van der Waals surface area contributed by atoms with Crippen molar-refractivity contribution in [1.82, 2.24) is 4.98 Å². The number of rotatable bonds is 11. The molecule has 0 radical (unpaired) electrons. The third-order valence-electron chi connectivity index (χ3n) is 4.92. The van der Waals surface area contributed by atoms with Crippen LogP contribution < -0.4 is 14.8 Å². The number of unbranched alkanes of at least 4 members (excludes halogenated alkanes) is 2. The van der Waals surface area contributed by atoms with Gasteiger partial charge in [-0.15, -0.1) is 0 Å². The van der Waals surface area contributed by atoms with E-state index in [1.807, 2.05) is 12.1 Å². The number of methoxy groups -OCH3 is 3. The summed E-state index contributed by atoms with van der Waals surface area (Å²) in [4.78, 5) is 28.9. The predicted molar refractivity (Wildman–Crippen MR) is 115 cm³/mol. The van der Waals surface area contributed by atoms with Crippen LogP contribution in [0.25, 0.3) is 0 Å². The minimum absolute atomic E-state index is 0.0322. The second kappa shape index (κ2) is 11.8. The number of aromatic nitrogens is 1. The van der Waals surface area contributed by atoms with Gasteiger partial charge < -0.3 is 19.5 Å². The Kier molecular flexibility index (Phi) is 9.12. The van der Waals surface area contributed by atoms with Crippen LogP contribution >= 0.6 is 0 Å². The maximum Gasteiger partial charge on any atom is 0.337 e. The Morgan fingerprint density at radius 2 is 1.87 bits per heavy atom. The van der Waals surface area contributed by atoms with Crippen LogP contribution in [0.5, 0.6) is 11.6 Å². The van der Waals surface area contributed by atoms with Crippen LogP contribution in [0.2, 0.25) is 0 Å². The van der Waals surface area contributed by atoms with E-state index in [1.54, 1.807) is 31.5 Å². The van der Waals surface area contributed by atoms with Crippen molar-refractivity contribution in [1.29, 1.82) is 0 Å². The molecule has 0 fully saturated rings. The molecule has 0 aliphatic carbocycles. The van der Waals surface area contributed by atoms with E-state index in [4.69, 9.17) is 14.2 Å². The molecule has 0 spiro atoms. The molecule has 0 saturated carbocycles. The topological polar surface area (TPSA) is 86.8 Å². The van der Waals surface area contributed by atoms with Crippen molar-refractivity contribution >= 4 is 17.6 Å². The number of carbonyl (C=O) groups excluding carboxylic acids is 2. The maximum absolute atomic E-state index is 12.8. The monoisotopic (exact) mass is 414 g/mol. The van der Waals surface area contributed by atoms with E-state index in [0.29, 0.717) is 29.3 Å². The van der Waals surface area contributed by atoms with Crippen LogP contribution in [0.1, 0.15) is 60.9 Å². The fourth-order valence-electron chi connectivity index (χ4n) is 3.26. The Labute approximate surface area is 177 Å². The molecule has 0 aliphatic rings. The first-order chi connectivity index (χ1) is 14.5. The van der Waals surface area contributed by atoms with Gasteiger partial charge in [-0.1, -0.05) is 32.3 Å². The average molecular weight is 415 g/mol. The van der Waals surface area contributed by atoms with E-state index in [1.165, 1.54) is 14.2 Å². The number of ether oxygens (including phenoxy) is 3. The molecule has 162 valence electrons. The molecule has 1 N–H and O–H groups in total. The Morgan fingerprint density at radius 3 is 2.47 bits per heavy atom. The van der Waals surface area contributed by atoms with Crippen molar-refractivity contribution in [2.45, 2.75) is 44.9 Å². The normalized spacial score (nSPS) is 11.5. The molecule has 0 aliphatic heterocycles. The third-order valence-corrected chi connectivity index (χ3v) is 4.92. The van der Waals surface area contributed by atoms with Crippen LogP contribution in [-0.2, 0) is 9.53 Å². The molecule has 1 aromatic heterocycles. The van der Waals surface area contributed by atoms with E-state index < -0.39 is 5.97 Å². The van der Waals surface area contributed by atoms with Gasteiger partial charge >= 0.3 is 5.97 Å². The zero-order valence-corrected chi connectivity index (χ0v) is 18.1. The lowest BCUT2D eigenvalue weighted by Crippen LogP contribution is -2.17. The molecule has 1 unspecified atom stereocenters. The largest absolute Gasteiger partial charge is 0.495 e. The first-order valence-electron chi connectivity index (χ1n) is 10.1. The Morgan fingerprint density at radius 1 is 1.07 bits per heavy atom. The van der Waals surface area contributed by atoms with Crippen molar-refractivity contribution in [3.63, 3.8) is 0 Å². The molecule has 30 heavy (non-hydrogen) atoms. The number of nitrogens with zero attached hydrogens (tertiary/aromatic N) is 1. The maximum atomic E-state index is 12.8. The number of hydrogen-bond acceptors (Lipinski definition) is 6. The number of pyridine rings is 1. The third kappa shape index (κ3) is 6.47. The summed E-state index contributed by atoms with van der Waals surface area (Å²) in [7, 11) is 4.40. The second-order valence-corrected chi connectivity index (χ2v) is 6.99. The van der Waals surface area contributed by atoms with E-state index >= 15 is 0 Å². The van der Waals surface area contributed by atoms with Gasteiger partial charge in [-0.2, -0.15) is 0 Å². The summed E-state index contributed by atoms with van der Waals surface area (Å²) in [6.45, 7) is 2.15. The number of nitrogens with one attached hydrogen (secondary N) is 1. The first kappa shape index (κ1) is 23.2. The molecule has 0 bridgehead atoms. The number of anilines is 1. The molecular weight excluding hydrogens is 384 g/mol. The fraction of sp³-hybridized carbons (Fsp3) is 0.435. The quantitative estimate of drug-likeness (QED) is 0.428. The van der Waals surface area contributed by atoms with Gasteiger partial charge in [0.25, 0.3) is 0 Å². The minimum atomic E-state index is -0.477. The molecule has 7 heteroatoms. The summed E-state index contributed by atoms with van der Waals surface area (Å²) < 4.78 is 15.2. The molecule has 0 saturated heterocycles. The number of esters is 1. The Balaban J connectivity index is 2.17. The second-order valence-electron chi connectivity index (χ2n) is 6.99. The molecule has 1 aromatic carbocycles. The van der Waals surface area contributed by atoms with Gasteiger partial charge in [0.15, 0.2) is 0 Å². The standard InChI is InChI=1S/C23H30N2O5/c1-5-6-7-8-16(18-10-12-22(29-3)24-15-18)14-21(26)25-19-13-17(23(27)30-4)9-11-20(19)28-2/h9-13,15-16H,5-8,14H2,1-4H3,(H,25,26). The molecule has 7 nitrogen and oxygen atoms in total. The number of amides is 1. The van der Waals surface area contributed by atoms with Crippen LogP contribution in [0, 0.1) is 0 Å². The lowest BCUT2D eigenvalue weighted by molar-refractivity contribution is -0.116. The van der Waals surface area contributed by atoms with Gasteiger partial charge in [0, 0.05) is 18.7 Å². The summed E-state index contributed by atoms with van der Waals surface area (Å²) in [6.07, 6.45) is 6.19. The van der Waals surface area contributed by atoms with Gasteiger partial charge in [-0.05, 0) is 36.1 Å². The van der Waals surface area contributed by atoms with E-state index in [2.05, 4.69) is 17.2 Å². The van der Waals surface area contributed by atoms with Gasteiger partial charge in [0.1, 0.15) is 5.75 Å². The summed E-state index contributed by atoms with van der Waals surface area (Å²) in [6, 6.07) is 8.55. The summed E-state index contributed by atoms with van der Waals surface area (Å²) in [5.74, 6) is 0.414. The zero-order valence-electron chi connectivity index (χ0n) is 18.1. The highest BCUT2D eigenvalue weighted by Gasteiger charge is 2.19. The van der Waals surface area contributed by atoms with E-state index in [9.17, 15) is 9.59 Å².